The number of benzene rings is 2. The fraction of sp³-hybridized carbons (Fsp3) is 0.367. The quantitative estimate of drug-likeness (QED) is 0.202. The molecular weight excluding hydrogens is 580 g/mol. The molecule has 3 N–H and O–H groups in total. The number of hydrogen-bond acceptors (Lipinski definition) is 9. The van der Waals surface area contributed by atoms with Crippen molar-refractivity contribution in [3.63, 3.8) is 0 Å². The number of amides is 1. The number of halogens is 4. The van der Waals surface area contributed by atoms with Gasteiger partial charge in [0.1, 0.15) is 29.3 Å². The summed E-state index contributed by atoms with van der Waals surface area (Å²) in [5, 5.41) is 8.88. The lowest BCUT2D eigenvalue weighted by molar-refractivity contribution is -0.137. The molecule has 3 heterocycles. The Balaban J connectivity index is 1.44. The van der Waals surface area contributed by atoms with Crippen LogP contribution >= 0.6 is 0 Å². The number of fused-ring (bicyclic) bond motifs is 1. The number of aryl methyl sites for hydroxylation is 1. The molecule has 232 valence electrons. The van der Waals surface area contributed by atoms with Crippen LogP contribution in [0.15, 0.2) is 42.9 Å². The average Bonchev–Trinajstić information content (AvgIpc) is 3.42. The molecule has 1 amide bonds. The lowest BCUT2D eigenvalue weighted by atomic mass is 10.1. The van der Waals surface area contributed by atoms with Gasteiger partial charge in [-0.25, -0.2) is 24.3 Å². The van der Waals surface area contributed by atoms with Gasteiger partial charge in [-0.3, -0.25) is 4.79 Å². The van der Waals surface area contributed by atoms with Gasteiger partial charge in [0.15, 0.2) is 5.82 Å². The number of carbonyl (C=O) groups is 1. The van der Waals surface area contributed by atoms with Gasteiger partial charge in [0.05, 0.1) is 31.1 Å². The van der Waals surface area contributed by atoms with Gasteiger partial charge in [-0.15, -0.1) is 0 Å². The van der Waals surface area contributed by atoms with Gasteiger partial charge >= 0.3 is 6.18 Å². The molecule has 2 aromatic heterocycles. The van der Waals surface area contributed by atoms with Crippen molar-refractivity contribution in [2.24, 2.45) is 0 Å². The van der Waals surface area contributed by atoms with E-state index in [9.17, 15) is 22.4 Å². The maximum Gasteiger partial charge on any atom is 0.416 e. The molecule has 0 unspecified atom stereocenters. The van der Waals surface area contributed by atoms with E-state index in [2.05, 4.69) is 35.9 Å². The van der Waals surface area contributed by atoms with E-state index < -0.39 is 23.8 Å². The zero-order chi connectivity index (χ0) is 31.6. The third-order valence-corrected chi connectivity index (χ3v) is 7.18. The number of anilines is 4. The number of carbonyl (C=O) groups excluding carboxylic acids is 1. The van der Waals surface area contributed by atoms with Crippen LogP contribution < -0.4 is 25.6 Å². The van der Waals surface area contributed by atoms with E-state index >= 15 is 0 Å². The van der Waals surface area contributed by atoms with Crippen LogP contribution in [0.5, 0.6) is 5.75 Å². The van der Waals surface area contributed by atoms with Crippen molar-refractivity contribution in [1.29, 1.82) is 0 Å². The van der Waals surface area contributed by atoms with Crippen molar-refractivity contribution in [3.8, 4) is 5.75 Å². The molecule has 5 rings (SSSR count). The highest BCUT2D eigenvalue weighted by atomic mass is 19.4. The minimum atomic E-state index is -4.63. The number of methoxy groups -OCH3 is 1. The number of hydrogen-bond donors (Lipinski definition) is 3. The molecule has 0 aliphatic carbocycles. The summed E-state index contributed by atoms with van der Waals surface area (Å²) in [5.74, 6) is 0.195. The molecule has 1 fully saturated rings. The van der Waals surface area contributed by atoms with Crippen LogP contribution in [0.4, 0.5) is 40.7 Å². The summed E-state index contributed by atoms with van der Waals surface area (Å²) in [5.41, 5.74) is 1.57. The number of nitrogens with one attached hydrogen (secondary N) is 3. The number of rotatable bonds is 9. The predicted molar refractivity (Wildman–Crippen MR) is 159 cm³/mol. The topological polar surface area (TPSA) is 117 Å². The van der Waals surface area contributed by atoms with E-state index in [-0.39, 0.29) is 41.7 Å². The van der Waals surface area contributed by atoms with Crippen LogP contribution in [0.2, 0.25) is 0 Å². The third kappa shape index (κ3) is 6.80. The van der Waals surface area contributed by atoms with E-state index in [0.717, 1.165) is 17.7 Å². The van der Waals surface area contributed by atoms with E-state index in [4.69, 9.17) is 4.74 Å². The zero-order valence-corrected chi connectivity index (χ0v) is 24.6. The van der Waals surface area contributed by atoms with E-state index in [1.165, 1.54) is 13.4 Å². The second-order valence-electron chi connectivity index (χ2n) is 10.8. The van der Waals surface area contributed by atoms with Gasteiger partial charge in [-0.1, -0.05) is 19.9 Å². The van der Waals surface area contributed by atoms with E-state index in [1.807, 2.05) is 20.8 Å². The number of ether oxygens (including phenoxy) is 1. The zero-order valence-electron chi connectivity index (χ0n) is 24.6. The lowest BCUT2D eigenvalue weighted by Gasteiger charge is -2.19. The molecule has 0 radical (unpaired) electrons. The van der Waals surface area contributed by atoms with Crippen LogP contribution in [-0.4, -0.2) is 58.3 Å². The predicted octanol–water partition coefficient (Wildman–Crippen LogP) is 5.80. The Morgan fingerprint density at radius 3 is 2.61 bits per heavy atom. The highest BCUT2D eigenvalue weighted by molar-refractivity contribution is 6.06. The molecule has 1 aliphatic rings. The minimum Gasteiger partial charge on any atom is -0.494 e. The standard InChI is InChI=1S/C30H32F4N8O2/c1-16(2)35-12-19-9-20(30(32,33)34)11-23(26(19)44-4)40-28(43)18-6-5-17(3)22(10-18)39-27-25-24(37-15-38-27)13-36-29(41-25)42-8-7-21(31)14-42/h5-6,9-11,13,15-16,21,35H,7-8,12,14H2,1-4H3,(H,40,43)(H,37,38,39)/t21-/m0/s1. The van der Waals surface area contributed by atoms with Crippen molar-refractivity contribution >= 4 is 40.1 Å². The van der Waals surface area contributed by atoms with Crippen LogP contribution in [0, 0.1) is 6.92 Å². The van der Waals surface area contributed by atoms with Crippen molar-refractivity contribution in [2.75, 3.05) is 35.7 Å². The van der Waals surface area contributed by atoms with Crippen LogP contribution in [0.1, 0.15) is 47.3 Å². The minimum absolute atomic E-state index is 0.0125. The molecule has 0 spiro atoms. The first-order valence-electron chi connectivity index (χ1n) is 14.0. The van der Waals surface area contributed by atoms with E-state index in [1.54, 1.807) is 29.3 Å². The number of alkyl halides is 4. The molecule has 1 atom stereocenters. The molecule has 14 heteroatoms. The summed E-state index contributed by atoms with van der Waals surface area (Å²) in [7, 11) is 1.34. The molecule has 1 aliphatic heterocycles. The molecule has 1 saturated heterocycles. The largest absolute Gasteiger partial charge is 0.494 e. The van der Waals surface area contributed by atoms with Gasteiger partial charge in [0, 0.05) is 35.9 Å². The maximum absolute atomic E-state index is 13.8. The molecule has 2 aromatic carbocycles. The van der Waals surface area contributed by atoms with Gasteiger partial charge in [-0.2, -0.15) is 13.2 Å². The summed E-state index contributed by atoms with van der Waals surface area (Å²) in [4.78, 5) is 32.6. The fourth-order valence-electron chi connectivity index (χ4n) is 4.84. The monoisotopic (exact) mass is 612 g/mol. The van der Waals surface area contributed by atoms with Crippen molar-refractivity contribution < 1.29 is 27.1 Å². The van der Waals surface area contributed by atoms with Gasteiger partial charge in [0.25, 0.3) is 5.91 Å². The number of aromatic nitrogens is 4. The Labute approximate surface area is 251 Å². The fourth-order valence-corrected chi connectivity index (χ4v) is 4.84. The Morgan fingerprint density at radius 2 is 1.93 bits per heavy atom. The average molecular weight is 613 g/mol. The molecular formula is C30H32F4N8O2. The van der Waals surface area contributed by atoms with Gasteiger partial charge in [-0.05, 0) is 43.2 Å². The first kappa shape index (κ1) is 30.9. The SMILES string of the molecule is COc1c(CNC(C)C)cc(C(F)(F)F)cc1NC(=O)c1ccc(C)c(Nc2ncnc3cnc(N4CC[C@H](F)C4)nc23)c1. The highest BCUT2D eigenvalue weighted by Gasteiger charge is 2.33. The Hall–Kier alpha value is -4.59. The Bertz CT molecular complexity index is 1680. The van der Waals surface area contributed by atoms with Crippen molar-refractivity contribution in [3.05, 3.63) is 65.1 Å². The number of nitrogens with zero attached hydrogens (tertiary/aromatic N) is 5. The van der Waals surface area contributed by atoms with Crippen LogP contribution in [0.25, 0.3) is 11.0 Å². The third-order valence-electron chi connectivity index (χ3n) is 7.18. The lowest BCUT2D eigenvalue weighted by Crippen LogP contribution is -2.23. The first-order chi connectivity index (χ1) is 20.9. The second kappa shape index (κ2) is 12.6. The summed E-state index contributed by atoms with van der Waals surface area (Å²) in [6, 6.07) is 6.72. The summed E-state index contributed by atoms with van der Waals surface area (Å²) >= 11 is 0. The van der Waals surface area contributed by atoms with Crippen LogP contribution in [0.3, 0.4) is 0 Å². The molecule has 44 heavy (non-hydrogen) atoms. The second-order valence-corrected chi connectivity index (χ2v) is 10.8. The first-order valence-corrected chi connectivity index (χ1v) is 14.0. The van der Waals surface area contributed by atoms with Gasteiger partial charge < -0.3 is 25.6 Å². The molecule has 10 nitrogen and oxygen atoms in total. The summed E-state index contributed by atoms with van der Waals surface area (Å²) in [6.45, 7) is 6.36. The molecule has 0 bridgehead atoms. The van der Waals surface area contributed by atoms with Crippen molar-refractivity contribution in [2.45, 2.75) is 52.1 Å². The molecule has 0 saturated carbocycles. The van der Waals surface area contributed by atoms with Crippen molar-refractivity contribution in [1.82, 2.24) is 25.3 Å². The Kier molecular flexibility index (Phi) is 8.81. The van der Waals surface area contributed by atoms with E-state index in [0.29, 0.717) is 41.5 Å². The summed E-state index contributed by atoms with van der Waals surface area (Å²) in [6.07, 6.45) is -2.30. The smallest absolute Gasteiger partial charge is 0.416 e. The van der Waals surface area contributed by atoms with Crippen LogP contribution in [-0.2, 0) is 12.7 Å². The highest BCUT2D eigenvalue weighted by Crippen LogP contribution is 2.38. The van der Waals surface area contributed by atoms with Gasteiger partial charge in [0.2, 0.25) is 5.95 Å². The molecule has 4 aromatic rings. The normalized spacial score (nSPS) is 15.2. The maximum atomic E-state index is 13.8. The summed E-state index contributed by atoms with van der Waals surface area (Å²) < 4.78 is 60.5. The Morgan fingerprint density at radius 1 is 1.14 bits per heavy atom.